The van der Waals surface area contributed by atoms with Gasteiger partial charge in [-0.3, -0.25) is 0 Å². The van der Waals surface area contributed by atoms with Gasteiger partial charge in [-0.15, -0.1) is 0 Å². The third-order valence-corrected chi connectivity index (χ3v) is 4.70. The lowest BCUT2D eigenvalue weighted by Gasteiger charge is -2.29. The minimum absolute atomic E-state index is 0.395. The van der Waals surface area contributed by atoms with Crippen molar-refractivity contribution in [2.24, 2.45) is 5.92 Å². The van der Waals surface area contributed by atoms with Gasteiger partial charge in [-0.05, 0) is 49.8 Å². The zero-order valence-corrected chi connectivity index (χ0v) is 14.2. The molecule has 1 saturated carbocycles. The van der Waals surface area contributed by atoms with E-state index in [-0.39, 0.29) is 0 Å². The largest absolute Gasteiger partial charge is 0.490 e. The maximum atomic E-state index is 6.28. The van der Waals surface area contributed by atoms with Crippen molar-refractivity contribution in [1.29, 1.82) is 0 Å². The fraction of sp³-hybridized carbons (Fsp3) is 0.600. The molecule has 2 unspecified atom stereocenters. The highest BCUT2D eigenvalue weighted by Gasteiger charge is 2.21. The number of alkyl halides is 1. The van der Waals surface area contributed by atoms with Crippen molar-refractivity contribution >= 4 is 31.9 Å². The van der Waals surface area contributed by atoms with E-state index in [0.29, 0.717) is 6.10 Å². The van der Waals surface area contributed by atoms with Crippen molar-refractivity contribution < 1.29 is 4.74 Å². The molecule has 0 radical (unpaired) electrons. The van der Waals surface area contributed by atoms with Crippen LogP contribution in [0.1, 0.15) is 43.7 Å². The Hall–Kier alpha value is -0.0200. The van der Waals surface area contributed by atoms with Gasteiger partial charge in [-0.25, -0.2) is 0 Å². The van der Waals surface area contributed by atoms with Crippen molar-refractivity contribution in [3.63, 3.8) is 0 Å². The molecule has 0 saturated heterocycles. The van der Waals surface area contributed by atoms with Crippen molar-refractivity contribution in [1.82, 2.24) is 0 Å². The standard InChI is InChI=1S/C15H20Br2O/c1-10-4-3-5-14(6-10)18-15-11(2)7-13(17)8-12(15)9-16/h7-8,10,14H,3-6,9H2,1-2H3. The monoisotopic (exact) mass is 374 g/mol. The quantitative estimate of drug-likeness (QED) is 0.624. The van der Waals surface area contributed by atoms with Crippen molar-refractivity contribution in [3.8, 4) is 5.75 Å². The predicted molar refractivity (Wildman–Crippen MR) is 83.6 cm³/mol. The fourth-order valence-corrected chi connectivity index (χ4v) is 3.76. The molecule has 3 heteroatoms. The topological polar surface area (TPSA) is 9.23 Å². The van der Waals surface area contributed by atoms with Crippen molar-refractivity contribution in [3.05, 3.63) is 27.7 Å². The SMILES string of the molecule is Cc1cc(Br)cc(CBr)c1OC1CCCC(C)C1. The fourth-order valence-electron chi connectivity index (χ4n) is 2.72. The number of hydrogen-bond donors (Lipinski definition) is 0. The molecule has 1 fully saturated rings. The summed E-state index contributed by atoms with van der Waals surface area (Å²) < 4.78 is 7.41. The highest BCUT2D eigenvalue weighted by Crippen LogP contribution is 2.34. The van der Waals surface area contributed by atoms with Crippen LogP contribution in [0.2, 0.25) is 0 Å². The highest BCUT2D eigenvalue weighted by atomic mass is 79.9. The van der Waals surface area contributed by atoms with Crippen LogP contribution in [-0.4, -0.2) is 6.10 Å². The first-order valence-corrected chi connectivity index (χ1v) is 8.53. The summed E-state index contributed by atoms with van der Waals surface area (Å²) in [4.78, 5) is 0. The number of aryl methyl sites for hydroxylation is 1. The zero-order valence-electron chi connectivity index (χ0n) is 11.0. The molecule has 1 aromatic rings. The van der Waals surface area contributed by atoms with Crippen LogP contribution in [0.4, 0.5) is 0 Å². The highest BCUT2D eigenvalue weighted by molar-refractivity contribution is 9.10. The van der Waals surface area contributed by atoms with Crippen LogP contribution in [0.15, 0.2) is 16.6 Å². The van der Waals surface area contributed by atoms with Crippen LogP contribution >= 0.6 is 31.9 Å². The smallest absolute Gasteiger partial charge is 0.126 e. The van der Waals surface area contributed by atoms with Gasteiger partial charge in [0.15, 0.2) is 0 Å². The van der Waals surface area contributed by atoms with Crippen LogP contribution in [0.5, 0.6) is 5.75 Å². The lowest BCUT2D eigenvalue weighted by Crippen LogP contribution is -2.24. The molecule has 100 valence electrons. The van der Waals surface area contributed by atoms with Crippen molar-refractivity contribution in [2.75, 3.05) is 0 Å². The van der Waals surface area contributed by atoms with Crippen LogP contribution in [0, 0.1) is 12.8 Å². The number of hydrogen-bond acceptors (Lipinski definition) is 1. The second-order valence-corrected chi connectivity index (χ2v) is 6.83. The summed E-state index contributed by atoms with van der Waals surface area (Å²) in [6.45, 7) is 4.45. The molecule has 0 N–H and O–H groups in total. The molecule has 0 aromatic heterocycles. The lowest BCUT2D eigenvalue weighted by molar-refractivity contribution is 0.127. The maximum Gasteiger partial charge on any atom is 0.126 e. The van der Waals surface area contributed by atoms with Gasteiger partial charge in [0.25, 0.3) is 0 Å². The molecule has 0 aliphatic heterocycles. The molecule has 2 rings (SSSR count). The molecular formula is C15H20Br2O. The second-order valence-electron chi connectivity index (χ2n) is 5.36. The first kappa shape index (κ1) is 14.4. The number of rotatable bonds is 3. The van der Waals surface area contributed by atoms with E-state index < -0.39 is 0 Å². The normalized spacial score (nSPS) is 24.0. The summed E-state index contributed by atoms with van der Waals surface area (Å²) in [5, 5.41) is 0.838. The third-order valence-electron chi connectivity index (χ3n) is 3.63. The molecule has 18 heavy (non-hydrogen) atoms. The number of benzene rings is 1. The van der Waals surface area contributed by atoms with E-state index in [1.165, 1.54) is 36.8 Å². The van der Waals surface area contributed by atoms with Crippen LogP contribution in [0.25, 0.3) is 0 Å². The van der Waals surface area contributed by atoms with Gasteiger partial charge in [0.2, 0.25) is 0 Å². The number of ether oxygens (including phenoxy) is 1. The minimum atomic E-state index is 0.395. The average Bonchev–Trinajstić information content (AvgIpc) is 2.32. The Kier molecular flexibility index (Phi) is 5.14. The number of halogens is 2. The Balaban J connectivity index is 2.17. The van der Waals surface area contributed by atoms with Gasteiger partial charge < -0.3 is 4.74 Å². The maximum absolute atomic E-state index is 6.28. The first-order valence-electron chi connectivity index (χ1n) is 6.61. The molecule has 1 aliphatic carbocycles. The summed E-state index contributed by atoms with van der Waals surface area (Å²) in [6, 6.07) is 4.27. The van der Waals surface area contributed by atoms with Crippen molar-refractivity contribution in [2.45, 2.75) is 51.0 Å². The van der Waals surface area contributed by atoms with E-state index in [9.17, 15) is 0 Å². The Morgan fingerprint density at radius 1 is 1.33 bits per heavy atom. The summed E-state index contributed by atoms with van der Waals surface area (Å²) in [6.07, 6.45) is 5.43. The predicted octanol–water partition coefficient (Wildman–Crippen LogP) is 5.61. The van der Waals surface area contributed by atoms with E-state index >= 15 is 0 Å². The third kappa shape index (κ3) is 3.51. The minimum Gasteiger partial charge on any atom is -0.490 e. The Morgan fingerprint density at radius 3 is 2.78 bits per heavy atom. The molecule has 0 bridgehead atoms. The lowest BCUT2D eigenvalue weighted by atomic mass is 9.88. The second kappa shape index (κ2) is 6.42. The molecule has 0 amide bonds. The first-order chi connectivity index (χ1) is 8.60. The van der Waals surface area contributed by atoms with Gasteiger partial charge in [-0.1, -0.05) is 45.2 Å². The summed E-state index contributed by atoms with van der Waals surface area (Å²) >= 11 is 7.10. The van der Waals surface area contributed by atoms with Crippen LogP contribution in [-0.2, 0) is 5.33 Å². The molecule has 1 aromatic carbocycles. The Bertz CT molecular complexity index is 417. The molecule has 1 nitrogen and oxygen atoms in total. The summed E-state index contributed by atoms with van der Waals surface area (Å²) in [5.41, 5.74) is 2.46. The van der Waals surface area contributed by atoms with Crippen LogP contribution < -0.4 is 4.74 Å². The van der Waals surface area contributed by atoms with E-state index in [1.807, 2.05) is 0 Å². The summed E-state index contributed by atoms with van der Waals surface area (Å²) in [5.74, 6) is 1.88. The van der Waals surface area contributed by atoms with Crippen LogP contribution in [0.3, 0.4) is 0 Å². The molecule has 1 aliphatic rings. The van der Waals surface area contributed by atoms with Gasteiger partial charge in [0.05, 0.1) is 6.10 Å². The van der Waals surface area contributed by atoms with Gasteiger partial charge in [0, 0.05) is 15.4 Å². The molecular weight excluding hydrogens is 356 g/mol. The van der Waals surface area contributed by atoms with Gasteiger partial charge in [-0.2, -0.15) is 0 Å². The summed E-state index contributed by atoms with van der Waals surface area (Å²) in [7, 11) is 0. The van der Waals surface area contributed by atoms with Gasteiger partial charge >= 0.3 is 0 Å². The van der Waals surface area contributed by atoms with E-state index in [4.69, 9.17) is 4.74 Å². The molecule has 0 heterocycles. The molecule has 0 spiro atoms. The van der Waals surface area contributed by atoms with E-state index in [1.54, 1.807) is 0 Å². The molecule has 2 atom stereocenters. The Labute approximate surface area is 127 Å². The average molecular weight is 376 g/mol. The van der Waals surface area contributed by atoms with E-state index in [0.717, 1.165) is 21.5 Å². The Morgan fingerprint density at radius 2 is 2.11 bits per heavy atom. The van der Waals surface area contributed by atoms with Gasteiger partial charge in [0.1, 0.15) is 5.75 Å². The zero-order chi connectivity index (χ0) is 13.1. The van der Waals surface area contributed by atoms with E-state index in [2.05, 4.69) is 57.8 Å².